The Bertz CT molecular complexity index is 382. The molecule has 0 aliphatic heterocycles. The van der Waals surface area contributed by atoms with E-state index in [4.69, 9.17) is 9.47 Å². The van der Waals surface area contributed by atoms with Crippen LogP contribution in [0.1, 0.15) is 12.5 Å². The van der Waals surface area contributed by atoms with Crippen LogP contribution in [0.15, 0.2) is 18.2 Å². The third-order valence-electron chi connectivity index (χ3n) is 2.13. The molecule has 6 heteroatoms. The van der Waals surface area contributed by atoms with E-state index in [-0.39, 0.29) is 18.2 Å². The molecule has 0 heterocycles. The maximum atomic E-state index is 10.8. The summed E-state index contributed by atoms with van der Waals surface area (Å²) in [6.45, 7) is 3.47. The van der Waals surface area contributed by atoms with Gasteiger partial charge >= 0.3 is 5.69 Å². The Hall–Kier alpha value is -1.66. The largest absolute Gasteiger partial charge is 0.460 e. The molecule has 6 nitrogen and oxygen atoms in total. The number of hydrogen-bond donors (Lipinski definition) is 1. The van der Waals surface area contributed by atoms with Crippen LogP contribution in [0, 0.1) is 10.1 Å². The highest BCUT2D eigenvalue weighted by Gasteiger charge is 2.15. The first-order valence-electron chi connectivity index (χ1n) is 5.28. The van der Waals surface area contributed by atoms with Crippen LogP contribution in [-0.2, 0) is 11.3 Å². The maximum absolute atomic E-state index is 10.8. The van der Waals surface area contributed by atoms with Crippen molar-refractivity contribution in [1.82, 2.24) is 5.32 Å². The molecule has 1 rings (SSSR count). The highest BCUT2D eigenvalue weighted by molar-refractivity contribution is 5.48. The highest BCUT2D eigenvalue weighted by Crippen LogP contribution is 2.27. The number of benzene rings is 1. The first kappa shape index (κ1) is 13.4. The van der Waals surface area contributed by atoms with Crippen molar-refractivity contribution in [2.75, 3.05) is 20.4 Å². The maximum Gasteiger partial charge on any atom is 0.311 e. The molecular weight excluding hydrogens is 224 g/mol. The average Bonchev–Trinajstić information content (AvgIpc) is 2.33. The predicted octanol–water partition coefficient (Wildman–Crippen LogP) is 1.69. The van der Waals surface area contributed by atoms with E-state index < -0.39 is 4.92 Å². The van der Waals surface area contributed by atoms with Crippen molar-refractivity contribution in [3.63, 3.8) is 0 Å². The summed E-state index contributed by atoms with van der Waals surface area (Å²) >= 11 is 0. The highest BCUT2D eigenvalue weighted by atomic mass is 16.7. The van der Waals surface area contributed by atoms with Crippen molar-refractivity contribution in [3.05, 3.63) is 33.9 Å². The van der Waals surface area contributed by atoms with Crippen LogP contribution < -0.4 is 10.1 Å². The van der Waals surface area contributed by atoms with E-state index in [1.54, 1.807) is 12.1 Å². The van der Waals surface area contributed by atoms with Gasteiger partial charge in [-0.25, -0.2) is 0 Å². The van der Waals surface area contributed by atoms with E-state index in [1.165, 1.54) is 13.2 Å². The van der Waals surface area contributed by atoms with Crippen LogP contribution in [0.25, 0.3) is 0 Å². The fourth-order valence-electron chi connectivity index (χ4n) is 1.33. The molecule has 0 aliphatic rings. The van der Waals surface area contributed by atoms with Gasteiger partial charge < -0.3 is 14.8 Å². The molecule has 0 amide bonds. The second-order valence-corrected chi connectivity index (χ2v) is 3.39. The van der Waals surface area contributed by atoms with E-state index in [9.17, 15) is 10.1 Å². The number of nitrogens with zero attached hydrogens (tertiary/aromatic N) is 1. The zero-order valence-electron chi connectivity index (χ0n) is 9.93. The van der Waals surface area contributed by atoms with Gasteiger partial charge in [0.1, 0.15) is 0 Å². The third-order valence-corrected chi connectivity index (χ3v) is 2.13. The standard InChI is InChI=1S/C11H16N2O4/c1-3-12-7-9-4-5-10(13(14)15)11(6-9)17-8-16-2/h4-6,12H,3,7-8H2,1-2H3. The number of hydrogen-bond acceptors (Lipinski definition) is 5. The molecule has 0 saturated carbocycles. The zero-order chi connectivity index (χ0) is 12.7. The first-order chi connectivity index (χ1) is 8.19. The number of rotatable bonds is 7. The van der Waals surface area contributed by atoms with Crippen molar-refractivity contribution in [1.29, 1.82) is 0 Å². The van der Waals surface area contributed by atoms with Crippen LogP contribution in [0.5, 0.6) is 5.75 Å². The van der Waals surface area contributed by atoms with Crippen molar-refractivity contribution < 1.29 is 14.4 Å². The minimum atomic E-state index is -0.470. The molecule has 0 unspecified atom stereocenters. The molecule has 0 spiro atoms. The summed E-state index contributed by atoms with van der Waals surface area (Å²) in [5.74, 6) is 0.229. The number of nitrogens with one attached hydrogen (secondary N) is 1. The molecule has 0 fully saturated rings. The van der Waals surface area contributed by atoms with Gasteiger partial charge in [-0.15, -0.1) is 0 Å². The average molecular weight is 240 g/mol. The quantitative estimate of drug-likeness (QED) is 0.446. The van der Waals surface area contributed by atoms with Gasteiger partial charge in [0, 0.05) is 19.7 Å². The summed E-state index contributed by atoms with van der Waals surface area (Å²) < 4.78 is 9.92. The minimum absolute atomic E-state index is 0.00843. The zero-order valence-corrected chi connectivity index (χ0v) is 9.93. The Balaban J connectivity index is 2.88. The van der Waals surface area contributed by atoms with Crippen molar-refractivity contribution in [2.45, 2.75) is 13.5 Å². The monoisotopic (exact) mass is 240 g/mol. The van der Waals surface area contributed by atoms with E-state index in [0.29, 0.717) is 6.54 Å². The molecule has 0 atom stereocenters. The van der Waals surface area contributed by atoms with E-state index >= 15 is 0 Å². The van der Waals surface area contributed by atoms with E-state index in [2.05, 4.69) is 5.32 Å². The Kier molecular flexibility index (Phi) is 5.38. The number of nitro groups is 1. The van der Waals surface area contributed by atoms with Crippen LogP contribution >= 0.6 is 0 Å². The summed E-state index contributed by atoms with van der Waals surface area (Å²) in [6.07, 6.45) is 0. The molecule has 94 valence electrons. The normalized spacial score (nSPS) is 10.2. The molecule has 1 aromatic rings. The number of nitro benzene ring substituents is 1. The summed E-state index contributed by atoms with van der Waals surface area (Å²) in [7, 11) is 1.47. The topological polar surface area (TPSA) is 73.6 Å². The van der Waals surface area contributed by atoms with Gasteiger partial charge in [0.2, 0.25) is 0 Å². The summed E-state index contributed by atoms with van der Waals surface area (Å²) in [4.78, 5) is 10.3. The predicted molar refractivity (Wildman–Crippen MR) is 63.0 cm³/mol. The second kappa shape index (κ2) is 6.82. The van der Waals surface area contributed by atoms with Gasteiger partial charge in [-0.3, -0.25) is 10.1 Å². The van der Waals surface area contributed by atoms with Gasteiger partial charge in [-0.2, -0.15) is 0 Å². The second-order valence-electron chi connectivity index (χ2n) is 3.39. The molecule has 0 saturated heterocycles. The Morgan fingerprint density at radius 3 is 2.82 bits per heavy atom. The fraction of sp³-hybridized carbons (Fsp3) is 0.455. The summed E-state index contributed by atoms with van der Waals surface area (Å²) in [5, 5.41) is 13.9. The molecular formula is C11H16N2O4. The van der Waals surface area contributed by atoms with Gasteiger partial charge in [-0.05, 0) is 18.2 Å². The molecule has 1 aromatic carbocycles. The lowest BCUT2D eigenvalue weighted by Gasteiger charge is -2.08. The minimum Gasteiger partial charge on any atom is -0.460 e. The summed E-state index contributed by atoms with van der Waals surface area (Å²) in [6, 6.07) is 4.80. The first-order valence-corrected chi connectivity index (χ1v) is 5.28. The van der Waals surface area contributed by atoms with Gasteiger partial charge in [0.15, 0.2) is 12.5 Å². The van der Waals surface area contributed by atoms with Gasteiger partial charge in [-0.1, -0.05) is 13.0 Å². The lowest BCUT2D eigenvalue weighted by molar-refractivity contribution is -0.386. The Morgan fingerprint density at radius 2 is 2.24 bits per heavy atom. The molecule has 0 aromatic heterocycles. The SMILES string of the molecule is CCNCc1ccc([N+](=O)[O-])c(OCOC)c1. The van der Waals surface area contributed by atoms with Crippen molar-refractivity contribution in [2.24, 2.45) is 0 Å². The Morgan fingerprint density at radius 1 is 1.47 bits per heavy atom. The van der Waals surface area contributed by atoms with Crippen LogP contribution in [-0.4, -0.2) is 25.4 Å². The van der Waals surface area contributed by atoms with Crippen molar-refractivity contribution >= 4 is 5.69 Å². The molecule has 0 aliphatic carbocycles. The Labute approximate surface area is 99.7 Å². The van der Waals surface area contributed by atoms with E-state index in [0.717, 1.165) is 12.1 Å². The lowest BCUT2D eigenvalue weighted by Crippen LogP contribution is -2.12. The van der Waals surface area contributed by atoms with Gasteiger partial charge in [0.25, 0.3) is 0 Å². The van der Waals surface area contributed by atoms with Crippen LogP contribution in [0.3, 0.4) is 0 Å². The summed E-state index contributed by atoms with van der Waals surface area (Å²) in [5.41, 5.74) is 0.880. The number of ether oxygens (including phenoxy) is 2. The molecule has 0 radical (unpaired) electrons. The third kappa shape index (κ3) is 4.01. The molecule has 17 heavy (non-hydrogen) atoms. The van der Waals surface area contributed by atoms with Crippen LogP contribution in [0.4, 0.5) is 5.69 Å². The van der Waals surface area contributed by atoms with Crippen molar-refractivity contribution in [3.8, 4) is 5.75 Å². The molecule has 1 N–H and O–H groups in total. The fourth-order valence-corrected chi connectivity index (χ4v) is 1.33. The number of methoxy groups -OCH3 is 1. The van der Waals surface area contributed by atoms with E-state index in [1.807, 2.05) is 6.92 Å². The smallest absolute Gasteiger partial charge is 0.311 e. The van der Waals surface area contributed by atoms with Crippen LogP contribution in [0.2, 0.25) is 0 Å². The lowest BCUT2D eigenvalue weighted by atomic mass is 10.2. The molecule has 0 bridgehead atoms. The van der Waals surface area contributed by atoms with Gasteiger partial charge in [0.05, 0.1) is 4.92 Å².